The van der Waals surface area contributed by atoms with Crippen molar-refractivity contribution in [1.29, 1.82) is 5.26 Å². The molecule has 0 saturated heterocycles. The Balaban J connectivity index is 2.00. The first-order valence-electron chi connectivity index (χ1n) is 8.47. The molecule has 8 heteroatoms. The number of hydrogen-bond acceptors (Lipinski definition) is 6. The molecule has 142 valence electrons. The van der Waals surface area contributed by atoms with Gasteiger partial charge in [0.05, 0.1) is 11.1 Å². The van der Waals surface area contributed by atoms with Gasteiger partial charge in [-0.15, -0.1) is 0 Å². The summed E-state index contributed by atoms with van der Waals surface area (Å²) in [4.78, 5) is 16.9. The number of aromatic nitrogens is 1. The van der Waals surface area contributed by atoms with E-state index in [1.54, 1.807) is 36.4 Å². The minimum absolute atomic E-state index is 0.0934. The number of benzene rings is 2. The fraction of sp³-hybridized carbons (Fsp3) is 0. The second-order valence-electron chi connectivity index (χ2n) is 6.33. The number of nitriles is 1. The molecule has 0 bridgehead atoms. The monoisotopic (exact) mass is 421 g/mol. The van der Waals surface area contributed by atoms with Gasteiger partial charge in [0.2, 0.25) is 5.78 Å². The van der Waals surface area contributed by atoms with Gasteiger partial charge in [-0.3, -0.25) is 10.5 Å². The lowest BCUT2D eigenvalue weighted by atomic mass is 9.96. The molecule has 0 atom stereocenters. The molecule has 0 radical (unpaired) electrons. The molecule has 6 N–H and O–H groups in total. The molecule has 0 aliphatic rings. The first-order valence-corrected chi connectivity index (χ1v) is 9.66. The highest BCUT2D eigenvalue weighted by atomic mass is 35.5. The van der Waals surface area contributed by atoms with Crippen molar-refractivity contribution in [3.05, 3.63) is 69.6 Å². The van der Waals surface area contributed by atoms with E-state index in [9.17, 15) is 15.2 Å². The number of pyridine rings is 1. The zero-order valence-electron chi connectivity index (χ0n) is 14.9. The molecule has 29 heavy (non-hydrogen) atoms. The average molecular weight is 422 g/mol. The number of rotatable bonds is 3. The average Bonchev–Trinajstić information content (AvgIpc) is 3.03. The third kappa shape index (κ3) is 3.14. The van der Waals surface area contributed by atoms with Crippen molar-refractivity contribution in [2.24, 2.45) is 0 Å². The number of aromatic amines is 1. The van der Waals surface area contributed by atoms with Gasteiger partial charge in [-0.05, 0) is 42.0 Å². The summed E-state index contributed by atoms with van der Waals surface area (Å²) in [6.45, 7) is 0. The standard InChI is InChI=1S/C21H13ClN4O2S/c22-12-5-1-11(2-6-12)18(28)19-17(24)16-15(10-3-7-13(27)8-4-10)14(9-23)20(25)26-21(16)29-19/h1-8,27H,24H2,(H2,25,26)/p+1. The summed E-state index contributed by atoms with van der Waals surface area (Å²) < 4.78 is 0. The number of hydrogen-bond donors (Lipinski definition) is 3. The highest BCUT2D eigenvalue weighted by molar-refractivity contribution is 7.21. The SMILES string of the molecule is N#Cc1c(N)[nH+]c2sc(C(=O)c3ccc(Cl)cc3)c(N)c2c1-c1ccc(O)cc1. The number of carbonyl (C=O) groups excluding carboxylic acids is 1. The lowest BCUT2D eigenvalue weighted by Gasteiger charge is -2.07. The second kappa shape index (κ2) is 7.09. The number of aromatic hydroxyl groups is 1. The van der Waals surface area contributed by atoms with Gasteiger partial charge in [-0.25, -0.2) is 4.98 Å². The van der Waals surface area contributed by atoms with Crippen molar-refractivity contribution in [3.63, 3.8) is 0 Å². The van der Waals surface area contributed by atoms with E-state index in [1.807, 2.05) is 0 Å². The minimum Gasteiger partial charge on any atom is -0.508 e. The Morgan fingerprint density at radius 3 is 2.38 bits per heavy atom. The molecule has 2 heterocycles. The molecular formula is C21H14ClN4O2S+. The lowest BCUT2D eigenvalue weighted by molar-refractivity contribution is -0.323. The third-order valence-corrected chi connectivity index (χ3v) is 5.91. The maximum absolute atomic E-state index is 13.0. The van der Waals surface area contributed by atoms with E-state index >= 15 is 0 Å². The highest BCUT2D eigenvalue weighted by Crippen LogP contribution is 2.42. The number of phenolic OH excluding ortho intramolecular Hbond substituents is 1. The van der Waals surface area contributed by atoms with Gasteiger partial charge in [0.1, 0.15) is 22.3 Å². The Kier molecular flexibility index (Phi) is 4.59. The Hall–Kier alpha value is -3.60. The third-order valence-electron chi connectivity index (χ3n) is 4.54. The first kappa shape index (κ1) is 18.7. The van der Waals surface area contributed by atoms with Crippen molar-refractivity contribution >= 4 is 50.4 Å². The molecule has 0 aliphatic heterocycles. The van der Waals surface area contributed by atoms with Crippen molar-refractivity contribution < 1.29 is 14.9 Å². The molecule has 6 nitrogen and oxygen atoms in total. The van der Waals surface area contributed by atoms with E-state index < -0.39 is 0 Å². The second-order valence-corrected chi connectivity index (χ2v) is 7.79. The van der Waals surface area contributed by atoms with Gasteiger partial charge >= 0.3 is 0 Å². The number of nitrogens with two attached hydrogens (primary N) is 2. The fourth-order valence-corrected chi connectivity index (χ4v) is 4.39. The molecule has 0 spiro atoms. The summed E-state index contributed by atoms with van der Waals surface area (Å²) in [5.74, 6) is 0.0215. The summed E-state index contributed by atoms with van der Waals surface area (Å²) in [6, 6.07) is 15.0. The van der Waals surface area contributed by atoms with Crippen LogP contribution in [-0.2, 0) is 0 Å². The number of nitrogens with one attached hydrogen (secondary N) is 1. The molecule has 0 aliphatic carbocycles. The molecule has 0 unspecified atom stereocenters. The number of nitrogen functional groups attached to an aromatic ring is 2. The van der Waals surface area contributed by atoms with E-state index in [1.165, 1.54) is 23.5 Å². The molecular weight excluding hydrogens is 408 g/mol. The quantitative estimate of drug-likeness (QED) is 0.430. The van der Waals surface area contributed by atoms with Gasteiger partial charge < -0.3 is 10.8 Å². The number of anilines is 2. The normalized spacial score (nSPS) is 10.8. The first-order chi connectivity index (χ1) is 13.9. The maximum atomic E-state index is 13.0. The van der Waals surface area contributed by atoms with Crippen molar-refractivity contribution in [2.45, 2.75) is 0 Å². The van der Waals surface area contributed by atoms with Crippen molar-refractivity contribution in [3.8, 4) is 22.9 Å². The summed E-state index contributed by atoms with van der Waals surface area (Å²) >= 11 is 7.08. The van der Waals surface area contributed by atoms with Crippen LogP contribution in [0.1, 0.15) is 20.8 Å². The van der Waals surface area contributed by atoms with Crippen molar-refractivity contribution in [1.82, 2.24) is 0 Å². The number of halogens is 1. The fourth-order valence-electron chi connectivity index (χ4n) is 3.16. The predicted molar refractivity (Wildman–Crippen MR) is 114 cm³/mol. The molecule has 2 aromatic heterocycles. The van der Waals surface area contributed by atoms with Crippen LogP contribution in [0.2, 0.25) is 5.02 Å². The van der Waals surface area contributed by atoms with E-state index in [2.05, 4.69) is 11.1 Å². The maximum Gasteiger partial charge on any atom is 0.290 e. The number of carbonyl (C=O) groups is 1. The topological polar surface area (TPSA) is 127 Å². The number of nitrogens with zero attached hydrogens (tertiary/aromatic N) is 1. The van der Waals surface area contributed by atoms with Gasteiger partial charge in [0.25, 0.3) is 5.82 Å². The van der Waals surface area contributed by atoms with Crippen molar-refractivity contribution in [2.75, 3.05) is 11.5 Å². The van der Waals surface area contributed by atoms with Crippen LogP contribution in [0.25, 0.3) is 21.3 Å². The molecule has 0 saturated carbocycles. The molecule has 2 aromatic carbocycles. The van der Waals surface area contributed by atoms with Gasteiger partial charge in [0.15, 0.2) is 4.83 Å². The summed E-state index contributed by atoms with van der Waals surface area (Å²) in [5, 5.41) is 20.3. The van der Waals surface area contributed by atoms with E-state index in [0.717, 1.165) is 0 Å². The van der Waals surface area contributed by atoms with Gasteiger partial charge in [-0.1, -0.05) is 35.1 Å². The molecule has 0 fully saturated rings. The zero-order chi connectivity index (χ0) is 20.7. The van der Waals surface area contributed by atoms with Crippen LogP contribution in [0.15, 0.2) is 48.5 Å². The van der Waals surface area contributed by atoms with Crippen LogP contribution in [0.3, 0.4) is 0 Å². The summed E-state index contributed by atoms with van der Waals surface area (Å²) in [7, 11) is 0. The van der Waals surface area contributed by atoms with Gasteiger partial charge in [-0.2, -0.15) is 5.26 Å². The summed E-state index contributed by atoms with van der Waals surface area (Å²) in [6.07, 6.45) is 0. The predicted octanol–water partition coefficient (Wildman–Crippen LogP) is 4.01. The van der Waals surface area contributed by atoms with Crippen LogP contribution < -0.4 is 16.5 Å². The number of fused-ring (bicyclic) bond motifs is 1. The smallest absolute Gasteiger partial charge is 0.290 e. The van der Waals surface area contributed by atoms with Gasteiger partial charge in [0, 0.05) is 16.1 Å². The Labute approximate surface area is 174 Å². The van der Waals surface area contributed by atoms with Crippen LogP contribution in [-0.4, -0.2) is 10.9 Å². The molecule has 0 amide bonds. The van der Waals surface area contributed by atoms with Crippen LogP contribution in [0.5, 0.6) is 5.75 Å². The zero-order valence-corrected chi connectivity index (χ0v) is 16.4. The Morgan fingerprint density at radius 2 is 1.76 bits per heavy atom. The largest absolute Gasteiger partial charge is 0.508 e. The number of thiophene rings is 1. The number of ketones is 1. The van der Waals surface area contributed by atoms with Crippen LogP contribution >= 0.6 is 22.9 Å². The van der Waals surface area contributed by atoms with E-state index in [0.29, 0.717) is 36.8 Å². The Bertz CT molecular complexity index is 1310. The molecule has 4 aromatic rings. The molecule has 4 rings (SSSR count). The summed E-state index contributed by atoms with van der Waals surface area (Å²) in [5.41, 5.74) is 14.6. The minimum atomic E-state index is -0.248. The number of H-pyrrole nitrogens is 1. The van der Waals surface area contributed by atoms with Crippen LogP contribution in [0, 0.1) is 11.3 Å². The van der Waals surface area contributed by atoms with E-state index in [4.69, 9.17) is 23.1 Å². The highest BCUT2D eigenvalue weighted by Gasteiger charge is 2.27. The van der Waals surface area contributed by atoms with E-state index in [-0.39, 0.29) is 28.6 Å². The van der Waals surface area contributed by atoms with Crippen LogP contribution in [0.4, 0.5) is 11.5 Å². The lowest BCUT2D eigenvalue weighted by Crippen LogP contribution is -2.13. The Morgan fingerprint density at radius 1 is 1.10 bits per heavy atom. The number of phenols is 1.